The quantitative estimate of drug-likeness (QED) is 0.299. The number of nitrogens with zero attached hydrogens (tertiary/aromatic N) is 2. The third-order valence-electron chi connectivity index (χ3n) is 3.47. The first-order valence-corrected chi connectivity index (χ1v) is 8.50. The number of hydrogen-bond acceptors (Lipinski definition) is 6. The molecule has 0 saturated carbocycles. The van der Waals surface area contributed by atoms with Gasteiger partial charge in [-0.15, -0.1) is 0 Å². The highest BCUT2D eigenvalue weighted by atomic mass is 16.6. The van der Waals surface area contributed by atoms with E-state index >= 15 is 0 Å². The van der Waals surface area contributed by atoms with Crippen molar-refractivity contribution < 1.29 is 19.2 Å². The SMILES string of the molecule is CCCCOc1ccc(OCC(=O)N/N=C\c2ccc([N+](=O)[O-])cc2)cc1. The van der Waals surface area contributed by atoms with Gasteiger partial charge in [-0.3, -0.25) is 14.9 Å². The fourth-order valence-corrected chi connectivity index (χ4v) is 2.01. The van der Waals surface area contributed by atoms with Crippen molar-refractivity contribution in [2.75, 3.05) is 13.2 Å². The molecule has 27 heavy (non-hydrogen) atoms. The van der Waals surface area contributed by atoms with Gasteiger partial charge in [0.2, 0.25) is 0 Å². The molecule has 0 unspecified atom stereocenters. The monoisotopic (exact) mass is 371 g/mol. The first kappa shape index (κ1) is 19.9. The zero-order chi connectivity index (χ0) is 19.5. The largest absolute Gasteiger partial charge is 0.494 e. The summed E-state index contributed by atoms with van der Waals surface area (Å²) in [5, 5.41) is 14.4. The lowest BCUT2D eigenvalue weighted by Crippen LogP contribution is -2.24. The van der Waals surface area contributed by atoms with E-state index in [0.717, 1.165) is 18.6 Å². The second-order valence-corrected chi connectivity index (χ2v) is 5.60. The molecule has 0 spiro atoms. The van der Waals surface area contributed by atoms with E-state index in [1.54, 1.807) is 24.3 Å². The molecule has 1 N–H and O–H groups in total. The Hall–Kier alpha value is -3.42. The number of nitrogens with one attached hydrogen (secondary N) is 1. The molecular formula is C19H21N3O5. The molecule has 142 valence electrons. The summed E-state index contributed by atoms with van der Waals surface area (Å²) in [4.78, 5) is 21.8. The lowest BCUT2D eigenvalue weighted by atomic mass is 10.2. The van der Waals surface area contributed by atoms with E-state index in [2.05, 4.69) is 17.5 Å². The Morgan fingerprint density at radius 3 is 2.33 bits per heavy atom. The maximum atomic E-state index is 11.7. The van der Waals surface area contributed by atoms with Crippen LogP contribution in [0.3, 0.4) is 0 Å². The number of nitro benzene ring substituents is 1. The third-order valence-corrected chi connectivity index (χ3v) is 3.47. The van der Waals surface area contributed by atoms with Gasteiger partial charge in [-0.05, 0) is 48.4 Å². The summed E-state index contributed by atoms with van der Waals surface area (Å²) in [6.07, 6.45) is 3.46. The van der Waals surface area contributed by atoms with Crippen molar-refractivity contribution in [2.24, 2.45) is 5.10 Å². The molecule has 0 atom stereocenters. The molecule has 0 aliphatic carbocycles. The van der Waals surface area contributed by atoms with Gasteiger partial charge in [-0.1, -0.05) is 13.3 Å². The molecule has 0 radical (unpaired) electrons. The van der Waals surface area contributed by atoms with Gasteiger partial charge in [-0.25, -0.2) is 5.43 Å². The Balaban J connectivity index is 1.73. The van der Waals surface area contributed by atoms with Gasteiger partial charge in [0.05, 0.1) is 17.7 Å². The molecule has 2 aromatic rings. The van der Waals surface area contributed by atoms with E-state index in [1.807, 2.05) is 0 Å². The van der Waals surface area contributed by atoms with Crippen LogP contribution < -0.4 is 14.9 Å². The average molecular weight is 371 g/mol. The summed E-state index contributed by atoms with van der Waals surface area (Å²) in [7, 11) is 0. The van der Waals surface area contributed by atoms with E-state index < -0.39 is 10.8 Å². The van der Waals surface area contributed by atoms with Gasteiger partial charge >= 0.3 is 0 Å². The molecule has 8 nitrogen and oxygen atoms in total. The van der Waals surface area contributed by atoms with Gasteiger partial charge < -0.3 is 9.47 Å². The minimum Gasteiger partial charge on any atom is -0.494 e. The molecule has 0 saturated heterocycles. The highest BCUT2D eigenvalue weighted by Crippen LogP contribution is 2.17. The van der Waals surface area contributed by atoms with Gasteiger partial charge in [0.25, 0.3) is 11.6 Å². The van der Waals surface area contributed by atoms with Gasteiger partial charge in [0, 0.05) is 12.1 Å². The fraction of sp³-hybridized carbons (Fsp3) is 0.263. The Morgan fingerprint density at radius 2 is 1.74 bits per heavy atom. The zero-order valence-electron chi connectivity index (χ0n) is 15.0. The van der Waals surface area contributed by atoms with Crippen LogP contribution in [-0.4, -0.2) is 30.3 Å². The Kier molecular flexibility index (Phi) is 7.77. The Morgan fingerprint density at radius 1 is 1.11 bits per heavy atom. The number of amides is 1. The minimum absolute atomic E-state index is 0.00799. The van der Waals surface area contributed by atoms with Crippen molar-refractivity contribution in [1.29, 1.82) is 0 Å². The summed E-state index contributed by atoms with van der Waals surface area (Å²) in [5.41, 5.74) is 2.95. The number of unbranched alkanes of at least 4 members (excludes halogenated alkanes) is 1. The standard InChI is InChI=1S/C19H21N3O5/c1-2-3-12-26-17-8-10-18(11-9-17)27-14-19(23)21-20-13-15-4-6-16(7-5-15)22(24)25/h4-11,13H,2-3,12,14H2,1H3,(H,21,23)/b20-13-. The topological polar surface area (TPSA) is 103 Å². The van der Waals surface area contributed by atoms with Crippen LogP contribution in [0, 0.1) is 10.1 Å². The van der Waals surface area contributed by atoms with E-state index in [9.17, 15) is 14.9 Å². The highest BCUT2D eigenvalue weighted by Gasteiger charge is 2.04. The van der Waals surface area contributed by atoms with Crippen molar-refractivity contribution in [2.45, 2.75) is 19.8 Å². The number of carbonyl (C=O) groups is 1. The van der Waals surface area contributed by atoms with E-state index in [4.69, 9.17) is 9.47 Å². The van der Waals surface area contributed by atoms with Crippen LogP contribution in [0.15, 0.2) is 53.6 Å². The van der Waals surface area contributed by atoms with Crippen LogP contribution in [0.25, 0.3) is 0 Å². The van der Waals surface area contributed by atoms with Gasteiger partial charge in [0.1, 0.15) is 11.5 Å². The molecule has 2 rings (SSSR count). The first-order valence-electron chi connectivity index (χ1n) is 8.50. The molecule has 2 aromatic carbocycles. The van der Waals surface area contributed by atoms with Crippen molar-refractivity contribution >= 4 is 17.8 Å². The van der Waals surface area contributed by atoms with E-state index in [-0.39, 0.29) is 12.3 Å². The zero-order valence-corrected chi connectivity index (χ0v) is 15.0. The van der Waals surface area contributed by atoms with Crippen LogP contribution in [0.2, 0.25) is 0 Å². The number of non-ortho nitro benzene ring substituents is 1. The number of hydrazone groups is 1. The number of rotatable bonds is 10. The predicted molar refractivity (Wildman–Crippen MR) is 101 cm³/mol. The van der Waals surface area contributed by atoms with Crippen LogP contribution in [-0.2, 0) is 4.79 Å². The molecular weight excluding hydrogens is 350 g/mol. The molecule has 0 fully saturated rings. The third kappa shape index (κ3) is 7.15. The predicted octanol–water partition coefficient (Wildman–Crippen LogP) is 3.30. The number of hydrogen-bond donors (Lipinski definition) is 1. The van der Waals surface area contributed by atoms with Crippen molar-refractivity contribution in [3.8, 4) is 11.5 Å². The van der Waals surface area contributed by atoms with E-state index in [0.29, 0.717) is 17.9 Å². The second-order valence-electron chi connectivity index (χ2n) is 5.60. The van der Waals surface area contributed by atoms with Crippen LogP contribution >= 0.6 is 0 Å². The molecule has 0 heterocycles. The number of ether oxygens (including phenoxy) is 2. The average Bonchev–Trinajstić information content (AvgIpc) is 2.68. The smallest absolute Gasteiger partial charge is 0.277 e. The molecule has 0 aliphatic rings. The van der Waals surface area contributed by atoms with Crippen molar-refractivity contribution in [1.82, 2.24) is 5.43 Å². The van der Waals surface area contributed by atoms with Crippen LogP contribution in [0.4, 0.5) is 5.69 Å². The number of carbonyl (C=O) groups excluding carboxylic acids is 1. The Labute approximate surface area is 157 Å². The molecule has 0 aromatic heterocycles. The normalized spacial score (nSPS) is 10.6. The number of nitro groups is 1. The van der Waals surface area contributed by atoms with Crippen LogP contribution in [0.5, 0.6) is 11.5 Å². The van der Waals surface area contributed by atoms with Crippen molar-refractivity contribution in [3.05, 3.63) is 64.2 Å². The summed E-state index contributed by atoms with van der Waals surface area (Å²) in [6.45, 7) is 2.58. The summed E-state index contributed by atoms with van der Waals surface area (Å²) >= 11 is 0. The maximum Gasteiger partial charge on any atom is 0.277 e. The first-order chi connectivity index (χ1) is 13.1. The van der Waals surface area contributed by atoms with Crippen molar-refractivity contribution in [3.63, 3.8) is 0 Å². The van der Waals surface area contributed by atoms with Gasteiger partial charge in [0.15, 0.2) is 6.61 Å². The number of benzene rings is 2. The summed E-state index contributed by atoms with van der Waals surface area (Å²) in [5.74, 6) is 0.886. The lowest BCUT2D eigenvalue weighted by molar-refractivity contribution is -0.384. The minimum atomic E-state index is -0.482. The lowest BCUT2D eigenvalue weighted by Gasteiger charge is -2.07. The Bertz CT molecular complexity index is 773. The summed E-state index contributed by atoms with van der Waals surface area (Å²) in [6, 6.07) is 12.8. The summed E-state index contributed by atoms with van der Waals surface area (Å²) < 4.78 is 10.9. The fourth-order valence-electron chi connectivity index (χ4n) is 2.01. The molecule has 0 bridgehead atoms. The molecule has 0 aliphatic heterocycles. The second kappa shape index (κ2) is 10.5. The highest BCUT2D eigenvalue weighted by molar-refractivity contribution is 5.83. The van der Waals surface area contributed by atoms with Crippen LogP contribution in [0.1, 0.15) is 25.3 Å². The van der Waals surface area contributed by atoms with Gasteiger partial charge in [-0.2, -0.15) is 5.10 Å². The molecule has 8 heteroatoms. The van der Waals surface area contributed by atoms with E-state index in [1.165, 1.54) is 30.5 Å². The molecule has 1 amide bonds. The maximum absolute atomic E-state index is 11.7.